The monoisotopic (exact) mass is 329 g/mol. The molecule has 23 heavy (non-hydrogen) atoms. The maximum absolute atomic E-state index is 12.7. The zero-order valence-electron chi connectivity index (χ0n) is 12.9. The molecule has 1 heterocycles. The minimum absolute atomic E-state index is 0.334. The minimum Gasteiger partial charge on any atom is -0.445 e. The summed E-state index contributed by atoms with van der Waals surface area (Å²) in [6, 6.07) is 12.4. The van der Waals surface area contributed by atoms with E-state index >= 15 is 0 Å². The molecule has 1 amide bonds. The molecule has 4 nitrogen and oxygen atoms in total. The molecule has 0 spiro atoms. The highest BCUT2D eigenvalue weighted by Gasteiger charge is 2.42. The number of fused-ring (bicyclic) bond motifs is 1. The summed E-state index contributed by atoms with van der Waals surface area (Å²) in [5, 5.41) is 3.34. The Balaban J connectivity index is 1.88. The number of carbonyl (C=O) groups is 2. The molecule has 2 aromatic carbocycles. The van der Waals surface area contributed by atoms with E-state index in [0.29, 0.717) is 22.7 Å². The second-order valence-corrected chi connectivity index (χ2v) is 6.30. The maximum atomic E-state index is 12.7. The Morgan fingerprint density at radius 3 is 2.78 bits per heavy atom. The lowest BCUT2D eigenvalue weighted by molar-refractivity contribution is -0.134. The molecule has 0 aliphatic carbocycles. The number of cyclic esters (lactones) is 1. The highest BCUT2D eigenvalue weighted by atomic mass is 35.5. The molecule has 1 aliphatic rings. The Morgan fingerprint density at radius 1 is 1.26 bits per heavy atom. The van der Waals surface area contributed by atoms with Crippen LogP contribution in [0.4, 0.5) is 5.69 Å². The van der Waals surface area contributed by atoms with Crippen LogP contribution in [0.2, 0.25) is 5.02 Å². The van der Waals surface area contributed by atoms with Gasteiger partial charge in [0.25, 0.3) is 5.91 Å². The van der Waals surface area contributed by atoms with Crippen LogP contribution in [0.5, 0.6) is 0 Å². The van der Waals surface area contributed by atoms with E-state index in [1.54, 1.807) is 31.2 Å². The number of benzene rings is 2. The SMILES string of the molecule is Cc1ccc(Cl)cc1NC(=O)[C@@]1(C)Cc2ccccc2C(=O)O1. The summed E-state index contributed by atoms with van der Waals surface area (Å²) >= 11 is 5.97. The smallest absolute Gasteiger partial charge is 0.339 e. The van der Waals surface area contributed by atoms with E-state index in [1.165, 1.54) is 0 Å². The van der Waals surface area contributed by atoms with Crippen LogP contribution >= 0.6 is 11.6 Å². The molecule has 0 fully saturated rings. The average molecular weight is 330 g/mol. The molecule has 0 saturated carbocycles. The third-order valence-electron chi connectivity index (χ3n) is 4.01. The first-order valence-electron chi connectivity index (χ1n) is 7.28. The van der Waals surface area contributed by atoms with Crippen molar-refractivity contribution in [1.82, 2.24) is 0 Å². The lowest BCUT2D eigenvalue weighted by atomic mass is 9.89. The van der Waals surface area contributed by atoms with Crippen molar-refractivity contribution in [1.29, 1.82) is 0 Å². The Kier molecular flexibility index (Phi) is 3.86. The molecule has 2 aromatic rings. The molecule has 0 aromatic heterocycles. The van der Waals surface area contributed by atoms with Gasteiger partial charge in [-0.15, -0.1) is 0 Å². The van der Waals surface area contributed by atoms with E-state index in [-0.39, 0.29) is 5.91 Å². The fraction of sp³-hybridized carbons (Fsp3) is 0.222. The Bertz CT molecular complexity index is 803. The summed E-state index contributed by atoms with van der Waals surface area (Å²) in [4.78, 5) is 24.8. The molecule has 1 atom stereocenters. The number of halogens is 1. The number of nitrogens with one attached hydrogen (secondary N) is 1. The topological polar surface area (TPSA) is 55.4 Å². The molecule has 3 rings (SSSR count). The summed E-state index contributed by atoms with van der Waals surface area (Å²) in [5.41, 5.74) is 1.56. The fourth-order valence-corrected chi connectivity index (χ4v) is 2.81. The van der Waals surface area contributed by atoms with Crippen LogP contribution in [-0.4, -0.2) is 17.5 Å². The lowest BCUT2D eigenvalue weighted by Crippen LogP contribution is -2.49. The molecule has 0 unspecified atom stereocenters. The molecular formula is C18H16ClNO3. The van der Waals surface area contributed by atoms with Gasteiger partial charge in [-0.05, 0) is 43.2 Å². The highest BCUT2D eigenvalue weighted by molar-refractivity contribution is 6.31. The number of hydrogen-bond donors (Lipinski definition) is 1. The Morgan fingerprint density at radius 2 is 2.00 bits per heavy atom. The minimum atomic E-state index is -1.25. The second-order valence-electron chi connectivity index (χ2n) is 5.87. The number of ether oxygens (including phenoxy) is 1. The quantitative estimate of drug-likeness (QED) is 0.853. The molecule has 5 heteroatoms. The van der Waals surface area contributed by atoms with Crippen molar-refractivity contribution in [3.8, 4) is 0 Å². The predicted octanol–water partition coefficient (Wildman–Crippen LogP) is 3.76. The van der Waals surface area contributed by atoms with Gasteiger partial charge in [0.05, 0.1) is 5.56 Å². The molecule has 118 valence electrons. The summed E-state index contributed by atoms with van der Waals surface area (Å²) in [6.45, 7) is 3.49. The summed E-state index contributed by atoms with van der Waals surface area (Å²) < 4.78 is 5.42. The largest absolute Gasteiger partial charge is 0.445 e. The van der Waals surface area contributed by atoms with Crippen molar-refractivity contribution < 1.29 is 14.3 Å². The third kappa shape index (κ3) is 2.94. The van der Waals surface area contributed by atoms with E-state index in [9.17, 15) is 9.59 Å². The zero-order chi connectivity index (χ0) is 16.6. The van der Waals surface area contributed by atoms with E-state index in [1.807, 2.05) is 25.1 Å². The van der Waals surface area contributed by atoms with E-state index in [2.05, 4.69) is 5.32 Å². The average Bonchev–Trinajstić information content (AvgIpc) is 2.51. The second kappa shape index (κ2) is 5.70. The summed E-state index contributed by atoms with van der Waals surface area (Å²) in [5.74, 6) is -0.849. The van der Waals surface area contributed by atoms with Gasteiger partial charge in [-0.1, -0.05) is 35.9 Å². The summed E-state index contributed by atoms with van der Waals surface area (Å²) in [6.07, 6.45) is 0.334. The molecule has 1 N–H and O–H groups in total. The van der Waals surface area contributed by atoms with Crippen molar-refractivity contribution in [2.24, 2.45) is 0 Å². The number of aryl methyl sites for hydroxylation is 1. The predicted molar refractivity (Wildman–Crippen MR) is 88.8 cm³/mol. The van der Waals surface area contributed by atoms with Gasteiger partial charge in [0.1, 0.15) is 0 Å². The number of carbonyl (C=O) groups excluding carboxylic acids is 2. The van der Waals surface area contributed by atoms with E-state index < -0.39 is 11.6 Å². The number of rotatable bonds is 2. The highest BCUT2D eigenvalue weighted by Crippen LogP contribution is 2.30. The molecular weight excluding hydrogens is 314 g/mol. The molecule has 0 saturated heterocycles. The number of anilines is 1. The molecule has 0 radical (unpaired) electrons. The fourth-order valence-electron chi connectivity index (χ4n) is 2.64. The van der Waals surface area contributed by atoms with Crippen LogP contribution in [-0.2, 0) is 16.0 Å². The van der Waals surface area contributed by atoms with Gasteiger partial charge in [0.2, 0.25) is 0 Å². The van der Waals surface area contributed by atoms with Gasteiger partial charge in [-0.3, -0.25) is 4.79 Å². The Labute approximate surface area is 139 Å². The van der Waals surface area contributed by atoms with Gasteiger partial charge in [0.15, 0.2) is 5.60 Å². The molecule has 1 aliphatic heterocycles. The Hall–Kier alpha value is -2.33. The first kappa shape index (κ1) is 15.6. The van der Waals surface area contributed by atoms with E-state index in [0.717, 1.165) is 11.1 Å². The number of hydrogen-bond acceptors (Lipinski definition) is 3. The number of esters is 1. The van der Waals surface area contributed by atoms with Gasteiger partial charge in [-0.2, -0.15) is 0 Å². The van der Waals surface area contributed by atoms with Crippen molar-refractivity contribution in [2.75, 3.05) is 5.32 Å². The van der Waals surface area contributed by atoms with Crippen LogP contribution in [0.25, 0.3) is 0 Å². The van der Waals surface area contributed by atoms with Gasteiger partial charge in [0, 0.05) is 17.1 Å². The standard InChI is InChI=1S/C18H16ClNO3/c1-11-7-8-13(19)9-15(11)20-17(22)18(2)10-12-5-3-4-6-14(12)16(21)23-18/h3-9H,10H2,1-2H3,(H,20,22)/t18-/m1/s1. The van der Waals surface area contributed by atoms with E-state index in [4.69, 9.17) is 16.3 Å². The molecule has 0 bridgehead atoms. The zero-order valence-corrected chi connectivity index (χ0v) is 13.6. The van der Waals surface area contributed by atoms with Crippen LogP contribution in [0, 0.1) is 6.92 Å². The third-order valence-corrected chi connectivity index (χ3v) is 4.25. The van der Waals surface area contributed by atoms with Crippen LogP contribution in [0.15, 0.2) is 42.5 Å². The maximum Gasteiger partial charge on any atom is 0.339 e. The van der Waals surface area contributed by atoms with Gasteiger partial charge < -0.3 is 10.1 Å². The first-order valence-corrected chi connectivity index (χ1v) is 7.66. The normalized spacial score (nSPS) is 19.7. The van der Waals surface area contributed by atoms with Gasteiger partial charge >= 0.3 is 5.97 Å². The lowest BCUT2D eigenvalue weighted by Gasteiger charge is -2.33. The van der Waals surface area contributed by atoms with Crippen LogP contribution in [0.1, 0.15) is 28.4 Å². The van der Waals surface area contributed by atoms with Crippen LogP contribution in [0.3, 0.4) is 0 Å². The van der Waals surface area contributed by atoms with Crippen molar-refractivity contribution in [3.63, 3.8) is 0 Å². The van der Waals surface area contributed by atoms with Crippen LogP contribution < -0.4 is 5.32 Å². The number of amides is 1. The summed E-state index contributed by atoms with van der Waals surface area (Å²) in [7, 11) is 0. The first-order chi connectivity index (χ1) is 10.9. The van der Waals surface area contributed by atoms with Crippen molar-refractivity contribution >= 4 is 29.2 Å². The van der Waals surface area contributed by atoms with Gasteiger partial charge in [-0.25, -0.2) is 4.79 Å². The van der Waals surface area contributed by atoms with Crippen molar-refractivity contribution in [3.05, 3.63) is 64.2 Å². The van der Waals surface area contributed by atoms with Crippen molar-refractivity contribution in [2.45, 2.75) is 25.9 Å².